The van der Waals surface area contributed by atoms with E-state index >= 15 is 0 Å². The van der Waals surface area contributed by atoms with E-state index in [4.69, 9.17) is 4.74 Å². The number of benzene rings is 1. The number of hydrogen-bond donors (Lipinski definition) is 1. The van der Waals surface area contributed by atoms with E-state index in [2.05, 4.69) is 13.8 Å². The Hall–Kier alpha value is -1.35. The molecule has 1 aromatic carbocycles. The van der Waals surface area contributed by atoms with E-state index < -0.39 is 5.60 Å². The Morgan fingerprint density at radius 3 is 2.25 bits per heavy atom. The van der Waals surface area contributed by atoms with Crippen molar-refractivity contribution in [3.63, 3.8) is 0 Å². The number of carbonyl (C=O) groups excluding carboxylic acids is 1. The Balaban J connectivity index is 2.42. The van der Waals surface area contributed by atoms with Crippen LogP contribution in [0.1, 0.15) is 83.6 Å². The van der Waals surface area contributed by atoms with Gasteiger partial charge in [0.05, 0.1) is 13.0 Å². The molecule has 0 spiro atoms. The molecule has 3 heteroatoms. The van der Waals surface area contributed by atoms with Crippen molar-refractivity contribution in [3.8, 4) is 0 Å². The molecular weight excluding hydrogens is 300 g/mol. The summed E-state index contributed by atoms with van der Waals surface area (Å²) in [6.45, 7) is 4.75. The van der Waals surface area contributed by atoms with E-state index in [9.17, 15) is 9.90 Å². The molecule has 1 atom stereocenters. The van der Waals surface area contributed by atoms with Gasteiger partial charge in [-0.2, -0.15) is 0 Å². The van der Waals surface area contributed by atoms with Gasteiger partial charge in [-0.05, 0) is 18.4 Å². The van der Waals surface area contributed by atoms with Gasteiger partial charge in [-0.15, -0.1) is 0 Å². The zero-order chi connectivity index (χ0) is 17.7. The summed E-state index contributed by atoms with van der Waals surface area (Å²) in [5.41, 5.74) is -0.315. The first kappa shape index (κ1) is 20.7. The van der Waals surface area contributed by atoms with Crippen LogP contribution in [0.2, 0.25) is 0 Å². The van der Waals surface area contributed by atoms with Crippen molar-refractivity contribution in [2.45, 2.75) is 83.7 Å². The van der Waals surface area contributed by atoms with Gasteiger partial charge in [0.1, 0.15) is 5.60 Å². The smallest absolute Gasteiger partial charge is 0.309 e. The van der Waals surface area contributed by atoms with Gasteiger partial charge in [0.15, 0.2) is 0 Å². The normalized spacial score (nSPS) is 13.5. The van der Waals surface area contributed by atoms with Crippen LogP contribution in [-0.4, -0.2) is 17.7 Å². The van der Waals surface area contributed by atoms with E-state index in [0.717, 1.165) is 31.2 Å². The number of unbranched alkanes of at least 4 members (excludes halogenated alkanes) is 6. The highest BCUT2D eigenvalue weighted by molar-refractivity contribution is 5.71. The van der Waals surface area contributed by atoms with Gasteiger partial charge in [0.2, 0.25) is 0 Å². The zero-order valence-electron chi connectivity index (χ0n) is 15.4. The zero-order valence-corrected chi connectivity index (χ0v) is 15.4. The summed E-state index contributed by atoms with van der Waals surface area (Å²) >= 11 is 0. The number of ether oxygens (including phenoxy) is 1. The van der Waals surface area contributed by atoms with Crippen molar-refractivity contribution in [2.75, 3.05) is 6.61 Å². The Labute approximate surface area is 147 Å². The van der Waals surface area contributed by atoms with Gasteiger partial charge < -0.3 is 9.84 Å². The van der Waals surface area contributed by atoms with Crippen molar-refractivity contribution in [2.24, 2.45) is 0 Å². The van der Waals surface area contributed by atoms with Crippen LogP contribution in [0.4, 0.5) is 0 Å². The molecule has 0 amide bonds. The third-order valence-electron chi connectivity index (χ3n) is 4.45. The molecule has 0 saturated heterocycles. The fraction of sp³-hybridized carbons (Fsp3) is 0.667. The summed E-state index contributed by atoms with van der Waals surface area (Å²) in [5.74, 6) is -0.300. The SMILES string of the molecule is CCCCCCCCOC(=O)CC(O)(CCCC)c1ccccc1. The first-order valence-corrected chi connectivity index (χ1v) is 9.56. The maximum absolute atomic E-state index is 12.1. The molecule has 0 aliphatic rings. The molecule has 1 aromatic rings. The van der Waals surface area contributed by atoms with Crippen molar-refractivity contribution >= 4 is 5.97 Å². The molecule has 1 unspecified atom stereocenters. The number of hydrogen-bond acceptors (Lipinski definition) is 3. The van der Waals surface area contributed by atoms with E-state index in [1.54, 1.807) is 0 Å². The van der Waals surface area contributed by atoms with Gasteiger partial charge in [0, 0.05) is 0 Å². The van der Waals surface area contributed by atoms with Crippen LogP contribution < -0.4 is 0 Å². The van der Waals surface area contributed by atoms with Crippen LogP contribution in [0.3, 0.4) is 0 Å². The summed E-state index contributed by atoms with van der Waals surface area (Å²) < 4.78 is 5.35. The van der Waals surface area contributed by atoms with Crippen LogP contribution in [0.15, 0.2) is 30.3 Å². The third kappa shape index (κ3) is 7.96. The largest absolute Gasteiger partial charge is 0.466 e. The fourth-order valence-corrected chi connectivity index (χ4v) is 2.91. The van der Waals surface area contributed by atoms with Gasteiger partial charge in [-0.25, -0.2) is 0 Å². The van der Waals surface area contributed by atoms with Gasteiger partial charge in [0.25, 0.3) is 0 Å². The summed E-state index contributed by atoms with van der Waals surface area (Å²) in [5, 5.41) is 11.0. The van der Waals surface area contributed by atoms with Gasteiger partial charge >= 0.3 is 5.97 Å². The van der Waals surface area contributed by atoms with Crippen molar-refractivity contribution in [1.29, 1.82) is 0 Å². The quantitative estimate of drug-likeness (QED) is 0.390. The molecule has 136 valence electrons. The molecule has 1 rings (SSSR count). The predicted octanol–water partition coefficient (Wildman–Crippen LogP) is 5.36. The lowest BCUT2D eigenvalue weighted by Gasteiger charge is -2.28. The number of esters is 1. The predicted molar refractivity (Wildman–Crippen MR) is 98.8 cm³/mol. The number of aliphatic hydroxyl groups is 1. The van der Waals surface area contributed by atoms with Crippen LogP contribution >= 0.6 is 0 Å². The molecule has 24 heavy (non-hydrogen) atoms. The van der Waals surface area contributed by atoms with Crippen LogP contribution in [0.5, 0.6) is 0 Å². The van der Waals surface area contributed by atoms with Crippen molar-refractivity contribution < 1.29 is 14.6 Å². The number of carbonyl (C=O) groups is 1. The molecule has 0 bridgehead atoms. The highest BCUT2D eigenvalue weighted by Gasteiger charge is 2.32. The van der Waals surface area contributed by atoms with Crippen LogP contribution in [-0.2, 0) is 15.1 Å². The second-order valence-electron chi connectivity index (χ2n) is 6.67. The lowest BCUT2D eigenvalue weighted by molar-refractivity contribution is -0.150. The lowest BCUT2D eigenvalue weighted by atomic mass is 9.85. The Kier molecular flexibility index (Phi) is 10.4. The molecule has 0 fully saturated rings. The summed E-state index contributed by atoms with van der Waals surface area (Å²) in [6.07, 6.45) is 9.49. The molecular formula is C21H34O3. The molecule has 1 N–H and O–H groups in total. The van der Waals surface area contributed by atoms with Gasteiger partial charge in [-0.3, -0.25) is 4.79 Å². The van der Waals surface area contributed by atoms with E-state index in [1.807, 2.05) is 30.3 Å². The number of rotatable bonds is 13. The molecule has 0 aliphatic heterocycles. The van der Waals surface area contributed by atoms with Crippen LogP contribution in [0.25, 0.3) is 0 Å². The molecule has 0 saturated carbocycles. The lowest BCUT2D eigenvalue weighted by Crippen LogP contribution is -2.30. The van der Waals surface area contributed by atoms with E-state index in [0.29, 0.717) is 13.0 Å². The Bertz CT molecular complexity index is 444. The third-order valence-corrected chi connectivity index (χ3v) is 4.45. The first-order chi connectivity index (χ1) is 11.6. The monoisotopic (exact) mass is 334 g/mol. The maximum atomic E-state index is 12.1. The second kappa shape index (κ2) is 12.1. The highest BCUT2D eigenvalue weighted by atomic mass is 16.5. The minimum atomic E-state index is -1.12. The van der Waals surface area contributed by atoms with Crippen LogP contribution in [0, 0.1) is 0 Å². The summed E-state index contributed by atoms with van der Waals surface area (Å²) in [4.78, 5) is 12.1. The Morgan fingerprint density at radius 1 is 0.958 bits per heavy atom. The standard InChI is InChI=1S/C21H34O3/c1-3-5-7-8-9-13-17-24-20(22)18-21(23,16-6-4-2)19-14-11-10-12-15-19/h10-12,14-15,23H,3-9,13,16-18H2,1-2H3. The molecule has 0 heterocycles. The Morgan fingerprint density at radius 2 is 1.58 bits per heavy atom. The second-order valence-corrected chi connectivity index (χ2v) is 6.67. The molecule has 0 aliphatic carbocycles. The van der Waals surface area contributed by atoms with Gasteiger partial charge in [-0.1, -0.05) is 89.1 Å². The average molecular weight is 334 g/mol. The summed E-state index contributed by atoms with van der Waals surface area (Å²) in [6, 6.07) is 9.48. The van der Waals surface area contributed by atoms with Crippen molar-refractivity contribution in [1.82, 2.24) is 0 Å². The first-order valence-electron chi connectivity index (χ1n) is 9.56. The maximum Gasteiger partial charge on any atom is 0.309 e. The molecule has 0 aromatic heterocycles. The van der Waals surface area contributed by atoms with Crippen molar-refractivity contribution in [3.05, 3.63) is 35.9 Å². The summed E-state index contributed by atoms with van der Waals surface area (Å²) in [7, 11) is 0. The molecule has 3 nitrogen and oxygen atoms in total. The topological polar surface area (TPSA) is 46.5 Å². The van der Waals surface area contributed by atoms with E-state index in [-0.39, 0.29) is 12.4 Å². The fourth-order valence-electron chi connectivity index (χ4n) is 2.91. The van der Waals surface area contributed by atoms with E-state index in [1.165, 1.54) is 25.7 Å². The molecule has 0 radical (unpaired) electrons. The minimum absolute atomic E-state index is 0.0346. The highest BCUT2D eigenvalue weighted by Crippen LogP contribution is 2.31. The minimum Gasteiger partial charge on any atom is -0.466 e. The average Bonchev–Trinajstić information content (AvgIpc) is 2.60.